The van der Waals surface area contributed by atoms with Gasteiger partial charge in [0, 0.05) is 44.6 Å². The van der Waals surface area contributed by atoms with E-state index in [2.05, 4.69) is 34.2 Å². The molecule has 1 saturated carbocycles. The number of pyridine rings is 2. The molecule has 1 aliphatic rings. The molecule has 0 spiro atoms. The summed E-state index contributed by atoms with van der Waals surface area (Å²) in [5.41, 5.74) is 6.25. The van der Waals surface area contributed by atoms with E-state index in [1.54, 1.807) is 36.5 Å². The summed E-state index contributed by atoms with van der Waals surface area (Å²) in [5, 5.41) is 20.1. The summed E-state index contributed by atoms with van der Waals surface area (Å²) in [7, 11) is 0. The van der Waals surface area contributed by atoms with Gasteiger partial charge in [-0.05, 0) is 58.5 Å². The van der Waals surface area contributed by atoms with Gasteiger partial charge in [-0.15, -0.1) is 12.1 Å². The predicted molar refractivity (Wildman–Crippen MR) is 218 cm³/mol. The van der Waals surface area contributed by atoms with Gasteiger partial charge >= 0.3 is 131 Å². The third-order valence-corrected chi connectivity index (χ3v) is 10.1. The molecule has 3 heterocycles. The van der Waals surface area contributed by atoms with Gasteiger partial charge in [0.05, 0.1) is 5.58 Å². The van der Waals surface area contributed by atoms with Crippen LogP contribution in [-0.4, -0.2) is 26.5 Å². The first-order chi connectivity index (χ1) is 28.8. The Morgan fingerprint density at radius 1 is 0.891 bits per heavy atom. The zero-order valence-electron chi connectivity index (χ0n) is 37.7. The van der Waals surface area contributed by atoms with Crippen molar-refractivity contribution in [2.24, 2.45) is 11.3 Å². The van der Waals surface area contributed by atoms with Crippen LogP contribution in [0.1, 0.15) is 83.9 Å². The van der Waals surface area contributed by atoms with Crippen LogP contribution >= 0.6 is 0 Å². The van der Waals surface area contributed by atoms with Gasteiger partial charge in [-0.1, -0.05) is 85.3 Å². The maximum Gasteiger partial charge on any atom is 0 e. The number of benzene rings is 4. The molecule has 8 rings (SSSR count). The molecule has 1 fully saturated rings. The van der Waals surface area contributed by atoms with Crippen LogP contribution in [0, 0.1) is 53.0 Å². The van der Waals surface area contributed by atoms with E-state index in [-0.39, 0.29) is 37.2 Å². The van der Waals surface area contributed by atoms with E-state index < -0.39 is 25.0 Å². The number of furan rings is 1. The summed E-state index contributed by atoms with van der Waals surface area (Å²) >= 11 is 1.87. The summed E-state index contributed by atoms with van der Waals surface area (Å²) in [6.07, 6.45) is 3.12. The Labute approximate surface area is 356 Å². The first-order valence-electron chi connectivity index (χ1n) is 21.4. The van der Waals surface area contributed by atoms with Crippen molar-refractivity contribution in [1.29, 1.82) is 10.5 Å². The van der Waals surface area contributed by atoms with Crippen molar-refractivity contribution in [3.63, 3.8) is 0 Å². The van der Waals surface area contributed by atoms with E-state index in [0.717, 1.165) is 52.2 Å². The molecule has 1 aliphatic carbocycles. The fourth-order valence-electron chi connectivity index (χ4n) is 6.67. The number of aryl methyl sites for hydroxylation is 1. The van der Waals surface area contributed by atoms with Crippen molar-refractivity contribution in [3.05, 3.63) is 137 Å². The van der Waals surface area contributed by atoms with Crippen molar-refractivity contribution in [2.75, 3.05) is 0 Å². The number of aromatic nitrogens is 2. The quantitative estimate of drug-likeness (QED) is 0.122. The minimum absolute atomic E-state index is 0. The van der Waals surface area contributed by atoms with Gasteiger partial charge in [-0.25, -0.2) is 5.26 Å². The number of fused-ring (bicyclic) bond motifs is 3. The second-order valence-corrected chi connectivity index (χ2v) is 15.5. The fraction of sp³-hybridized carbons (Fsp3) is 0.250. The first kappa shape index (κ1) is 31.4. The van der Waals surface area contributed by atoms with E-state index >= 15 is 0 Å². The average Bonchev–Trinajstić information content (AvgIpc) is 3.93. The van der Waals surface area contributed by atoms with Gasteiger partial charge in [0.1, 0.15) is 5.58 Å². The molecule has 55 heavy (non-hydrogen) atoms. The molecule has 7 heteroatoms. The van der Waals surface area contributed by atoms with Crippen molar-refractivity contribution in [1.82, 2.24) is 9.97 Å². The molecule has 0 bridgehead atoms. The molecule has 4 aromatic carbocycles. The van der Waals surface area contributed by atoms with Crippen LogP contribution in [0.5, 0.6) is 0 Å². The van der Waals surface area contributed by atoms with Crippen molar-refractivity contribution in [3.8, 4) is 45.8 Å². The Hall–Kier alpha value is -4.85. The number of nitriles is 2. The van der Waals surface area contributed by atoms with E-state index in [1.165, 1.54) is 12.3 Å². The van der Waals surface area contributed by atoms with Crippen LogP contribution < -0.4 is 4.40 Å². The smallest absolute Gasteiger partial charge is 0 e. The Morgan fingerprint density at radius 2 is 1.67 bits per heavy atom. The predicted octanol–water partition coefficient (Wildman–Crippen LogP) is 10.8. The van der Waals surface area contributed by atoms with Crippen molar-refractivity contribution in [2.45, 2.75) is 66.1 Å². The minimum atomic E-state index is -2.54. The van der Waals surface area contributed by atoms with Gasteiger partial charge in [0.15, 0.2) is 0 Å². The van der Waals surface area contributed by atoms with E-state index in [9.17, 15) is 5.26 Å². The van der Waals surface area contributed by atoms with Gasteiger partial charge in [-0.2, -0.15) is 0 Å². The molecule has 0 N–H and O–H groups in total. The van der Waals surface area contributed by atoms with Crippen LogP contribution in [0.4, 0.5) is 0 Å². The van der Waals surface area contributed by atoms with E-state index in [1.807, 2.05) is 85.8 Å². The zero-order valence-corrected chi connectivity index (χ0v) is 35.2. The second kappa shape index (κ2) is 17.3. The van der Waals surface area contributed by atoms with Crippen LogP contribution in [0.2, 0.25) is 0 Å². The molecule has 3 aromatic heterocycles. The molecule has 0 atom stereocenters. The first-order valence-corrected chi connectivity index (χ1v) is 18.9. The normalized spacial score (nSPS) is 15.4. The maximum absolute atomic E-state index is 9.84. The molecule has 4 radical (unpaired) electrons. The molecule has 274 valence electrons. The molecular weight excluding hydrogens is 913 g/mol. The maximum atomic E-state index is 9.84. The summed E-state index contributed by atoms with van der Waals surface area (Å²) in [5.74, 6) is -0.242. The van der Waals surface area contributed by atoms with Crippen molar-refractivity contribution >= 4 is 42.8 Å². The Balaban J connectivity index is 0.000000238. The topological polar surface area (TPSA) is 86.5 Å². The molecule has 0 saturated heterocycles. The van der Waals surface area contributed by atoms with Gasteiger partial charge in [-0.3, -0.25) is 0 Å². The summed E-state index contributed by atoms with van der Waals surface area (Å²) in [4.78, 5) is 8.92. The summed E-state index contributed by atoms with van der Waals surface area (Å²) in [6, 6.07) is 36.1. The van der Waals surface area contributed by atoms with Crippen LogP contribution in [0.3, 0.4) is 0 Å². The molecular formula is C48H41GeIrN4O-2. The van der Waals surface area contributed by atoms with E-state index in [0.29, 0.717) is 50.2 Å². The molecule has 0 aliphatic heterocycles. The third kappa shape index (κ3) is 9.17. The molecule has 0 unspecified atom stereocenters. The van der Waals surface area contributed by atoms with Gasteiger partial charge in [0.2, 0.25) is 0 Å². The zero-order chi connectivity index (χ0) is 43.9. The third-order valence-electron chi connectivity index (χ3n) is 9.28. The molecule has 0 amide bonds. The largest absolute Gasteiger partial charge is 0 e. The second-order valence-electron chi connectivity index (χ2n) is 14.4. The standard InChI is InChI=1S/C31H25N2O.C17H16GeN2.Ir/c1-20-15-28(33-19-25(20)16-21-7-5-6-8-21)26-13-12-24(18-32)30-27-14-11-23(17-29(27)34-31(26)30)22-9-3-2-4-10-22;1-17(2,3)9-14-8-16(20-11-15(14)18)13-6-4-12(10-19)5-7-13;/h2-4,9-12,14-15,17,19,21H,5-8,16H2,1H3;4-6,8,11H,9H2,1-3H3;/q2*-1;/i1D3,16D2;9D2;. The summed E-state index contributed by atoms with van der Waals surface area (Å²) in [6.45, 7) is 3.13. The number of hydrogen-bond acceptors (Lipinski definition) is 5. The molecule has 5 nitrogen and oxygen atoms in total. The molecule has 7 aromatic rings. The van der Waals surface area contributed by atoms with E-state index in [4.69, 9.17) is 19.3 Å². The Bertz CT molecular complexity index is 2840. The van der Waals surface area contributed by atoms with Crippen LogP contribution in [0.25, 0.3) is 55.6 Å². The number of nitrogens with zero attached hydrogens (tertiary/aromatic N) is 4. The summed E-state index contributed by atoms with van der Waals surface area (Å²) < 4.78 is 66.3. The average molecular weight is 962 g/mol. The fourth-order valence-corrected chi connectivity index (χ4v) is 7.09. The SMILES string of the molecule is [2H]C([2H])([2H])c1cc(-c2[c-]cc(C#N)c3c2oc2cc(-c4ccccc4)ccc23)ncc1C([2H])([2H])C1CCCC1.[2H]C([2H])(c1cc(-c2[c-]cc(C#N)cc2)nc[c]1[Ge])C(C)(C)C.[Ir]. The monoisotopic (exact) mass is 963 g/mol. The number of rotatable bonds is 6. The van der Waals surface area contributed by atoms with Crippen molar-refractivity contribution < 1.29 is 34.1 Å². The Morgan fingerprint density at radius 3 is 2.36 bits per heavy atom. The Kier molecular flexibility index (Phi) is 9.87. The van der Waals surface area contributed by atoms with Gasteiger partial charge < -0.3 is 9.40 Å². The number of hydrogen-bond donors (Lipinski definition) is 0. The van der Waals surface area contributed by atoms with Crippen LogP contribution in [-0.2, 0) is 32.9 Å². The van der Waals surface area contributed by atoms with Gasteiger partial charge in [0.25, 0.3) is 0 Å². The van der Waals surface area contributed by atoms with Crippen LogP contribution in [0.15, 0.2) is 102 Å². The minimum Gasteiger partial charge on any atom is 0 e.